The first-order valence-electron chi connectivity index (χ1n) is 8.21. The lowest BCUT2D eigenvalue weighted by Crippen LogP contribution is -2.47. The van der Waals surface area contributed by atoms with Crippen LogP contribution in [0.25, 0.3) is 0 Å². The molecule has 2 atom stereocenters. The van der Waals surface area contributed by atoms with E-state index in [0.717, 1.165) is 29.0 Å². The minimum absolute atomic E-state index is 0.720. The molecule has 0 aliphatic heterocycles. The molecule has 116 valence electrons. The third kappa shape index (κ3) is 3.75. The highest BCUT2D eigenvalue weighted by Crippen LogP contribution is 2.39. The van der Waals surface area contributed by atoms with Crippen LogP contribution in [0.15, 0.2) is 24.3 Å². The second-order valence-corrected chi connectivity index (χ2v) is 7.67. The van der Waals surface area contributed by atoms with Gasteiger partial charge in [0.15, 0.2) is 0 Å². The van der Waals surface area contributed by atoms with Crippen LogP contribution in [0.2, 0.25) is 0 Å². The Morgan fingerprint density at radius 1 is 1.14 bits per heavy atom. The van der Waals surface area contributed by atoms with Crippen LogP contribution < -0.4 is 10.1 Å². The second kappa shape index (κ2) is 7.06. The van der Waals surface area contributed by atoms with Gasteiger partial charge in [-0.25, -0.2) is 0 Å². The molecule has 21 heavy (non-hydrogen) atoms. The van der Waals surface area contributed by atoms with Gasteiger partial charge in [-0.1, -0.05) is 18.6 Å². The molecule has 2 aliphatic rings. The van der Waals surface area contributed by atoms with Crippen molar-refractivity contribution in [2.24, 2.45) is 0 Å². The van der Waals surface area contributed by atoms with Crippen molar-refractivity contribution in [2.45, 2.75) is 61.8 Å². The van der Waals surface area contributed by atoms with Crippen LogP contribution in [-0.2, 0) is 0 Å². The normalized spacial score (nSPS) is 32.5. The van der Waals surface area contributed by atoms with Gasteiger partial charge in [0.05, 0.1) is 7.11 Å². The van der Waals surface area contributed by atoms with E-state index in [9.17, 15) is 0 Å². The largest absolute Gasteiger partial charge is 0.497 e. The first-order valence-corrected chi connectivity index (χ1v) is 9.50. The summed E-state index contributed by atoms with van der Waals surface area (Å²) in [5, 5.41) is 4.78. The molecule has 1 aromatic rings. The zero-order valence-corrected chi connectivity index (χ0v) is 14.0. The van der Waals surface area contributed by atoms with E-state index in [1.807, 2.05) is 17.8 Å². The fourth-order valence-electron chi connectivity index (χ4n) is 3.77. The number of hydrogen-bond acceptors (Lipinski definition) is 3. The monoisotopic (exact) mass is 305 g/mol. The summed E-state index contributed by atoms with van der Waals surface area (Å²) in [6.07, 6.45) is 10.4. The maximum absolute atomic E-state index is 5.33. The second-order valence-electron chi connectivity index (χ2n) is 6.53. The summed E-state index contributed by atoms with van der Waals surface area (Å²) >= 11 is 2.05. The van der Waals surface area contributed by atoms with Crippen LogP contribution >= 0.6 is 11.8 Å². The van der Waals surface area contributed by atoms with E-state index < -0.39 is 0 Å². The van der Waals surface area contributed by atoms with E-state index in [4.69, 9.17) is 4.74 Å². The average Bonchev–Trinajstić information content (AvgIpc) is 2.50. The molecule has 0 amide bonds. The summed E-state index contributed by atoms with van der Waals surface area (Å²) in [4.78, 5) is 0. The molecule has 3 rings (SSSR count). The minimum atomic E-state index is 0.720. The number of benzene rings is 1. The molecule has 2 unspecified atom stereocenters. The molecule has 2 fully saturated rings. The topological polar surface area (TPSA) is 21.3 Å². The number of hydrogen-bond donors (Lipinski definition) is 1. The van der Waals surface area contributed by atoms with Crippen molar-refractivity contribution in [3.8, 4) is 5.75 Å². The lowest BCUT2D eigenvalue weighted by atomic mass is 9.75. The minimum Gasteiger partial charge on any atom is -0.497 e. The maximum Gasteiger partial charge on any atom is 0.119 e. The van der Waals surface area contributed by atoms with E-state index in [2.05, 4.69) is 29.8 Å². The van der Waals surface area contributed by atoms with Gasteiger partial charge in [0.2, 0.25) is 0 Å². The molecule has 0 radical (unpaired) electrons. The van der Waals surface area contributed by atoms with Crippen molar-refractivity contribution in [1.29, 1.82) is 0 Å². The molecule has 1 aromatic carbocycles. The van der Waals surface area contributed by atoms with Crippen LogP contribution in [0.3, 0.4) is 0 Å². The summed E-state index contributed by atoms with van der Waals surface area (Å²) in [6.45, 7) is 0. The molecule has 1 N–H and O–H groups in total. The standard InChI is InChI=1S/C18H27NOS/c1-20-17-7-3-5-13(11-17)14-9-16(10-14)19-15-6-4-8-18(12-15)21-2/h3,5,7,11,14-16,18-19H,4,6,8-10,12H2,1-2H3. The number of methoxy groups -OCH3 is 1. The number of nitrogens with one attached hydrogen (secondary N) is 1. The van der Waals surface area contributed by atoms with E-state index in [-0.39, 0.29) is 0 Å². The summed E-state index contributed by atoms with van der Waals surface area (Å²) in [5.41, 5.74) is 1.44. The number of rotatable bonds is 5. The van der Waals surface area contributed by atoms with Crippen LogP contribution in [0.5, 0.6) is 5.75 Å². The Morgan fingerprint density at radius 3 is 2.76 bits per heavy atom. The maximum atomic E-state index is 5.33. The third-order valence-electron chi connectivity index (χ3n) is 5.13. The van der Waals surface area contributed by atoms with Crippen LogP contribution in [-0.4, -0.2) is 30.7 Å². The van der Waals surface area contributed by atoms with Gasteiger partial charge < -0.3 is 10.1 Å². The predicted octanol–water partition coefficient (Wildman–Crippen LogP) is 4.21. The Hall–Kier alpha value is -0.670. The first kappa shape index (κ1) is 15.2. The molecule has 0 aromatic heterocycles. The molecule has 3 heteroatoms. The van der Waals surface area contributed by atoms with Crippen LogP contribution in [0, 0.1) is 0 Å². The Bertz CT molecular complexity index is 458. The van der Waals surface area contributed by atoms with Crippen LogP contribution in [0.1, 0.15) is 50.0 Å². The molecule has 0 spiro atoms. The molecular formula is C18H27NOS. The summed E-state index contributed by atoms with van der Waals surface area (Å²) in [5.74, 6) is 1.71. The van der Waals surface area contributed by atoms with E-state index in [1.165, 1.54) is 44.1 Å². The molecule has 2 saturated carbocycles. The third-order valence-corrected chi connectivity index (χ3v) is 6.23. The summed E-state index contributed by atoms with van der Waals surface area (Å²) < 4.78 is 5.33. The summed E-state index contributed by atoms with van der Waals surface area (Å²) in [7, 11) is 1.75. The Labute approximate surface area is 133 Å². The zero-order chi connectivity index (χ0) is 14.7. The number of thioether (sulfide) groups is 1. The Kier molecular flexibility index (Phi) is 5.12. The van der Waals surface area contributed by atoms with Crippen molar-refractivity contribution in [1.82, 2.24) is 5.32 Å². The molecular weight excluding hydrogens is 278 g/mol. The SMILES string of the molecule is COc1cccc(C2CC(NC3CCCC(SC)C3)C2)c1. The van der Waals surface area contributed by atoms with Crippen molar-refractivity contribution < 1.29 is 4.74 Å². The van der Waals surface area contributed by atoms with E-state index in [1.54, 1.807) is 7.11 Å². The fourth-order valence-corrected chi connectivity index (χ4v) is 4.59. The van der Waals surface area contributed by atoms with Gasteiger partial charge >= 0.3 is 0 Å². The van der Waals surface area contributed by atoms with Gasteiger partial charge in [-0.15, -0.1) is 0 Å². The van der Waals surface area contributed by atoms with Gasteiger partial charge in [0.1, 0.15) is 5.75 Å². The lowest BCUT2D eigenvalue weighted by molar-refractivity contribution is 0.240. The van der Waals surface area contributed by atoms with Crippen molar-refractivity contribution in [3.63, 3.8) is 0 Å². The Morgan fingerprint density at radius 2 is 2.00 bits per heavy atom. The zero-order valence-electron chi connectivity index (χ0n) is 13.2. The number of ether oxygens (including phenoxy) is 1. The predicted molar refractivity (Wildman–Crippen MR) is 91.5 cm³/mol. The van der Waals surface area contributed by atoms with Crippen molar-refractivity contribution >= 4 is 11.8 Å². The highest BCUT2D eigenvalue weighted by molar-refractivity contribution is 7.99. The van der Waals surface area contributed by atoms with E-state index >= 15 is 0 Å². The van der Waals surface area contributed by atoms with Crippen molar-refractivity contribution in [3.05, 3.63) is 29.8 Å². The smallest absolute Gasteiger partial charge is 0.119 e. The molecule has 2 nitrogen and oxygen atoms in total. The van der Waals surface area contributed by atoms with Gasteiger partial charge in [-0.05, 0) is 62.0 Å². The molecule has 0 saturated heterocycles. The lowest BCUT2D eigenvalue weighted by Gasteiger charge is -2.40. The van der Waals surface area contributed by atoms with Gasteiger partial charge in [0.25, 0.3) is 0 Å². The molecule has 2 aliphatic carbocycles. The fraction of sp³-hybridized carbons (Fsp3) is 0.667. The van der Waals surface area contributed by atoms with Gasteiger partial charge in [-0.2, -0.15) is 11.8 Å². The van der Waals surface area contributed by atoms with Gasteiger partial charge in [-0.3, -0.25) is 0 Å². The van der Waals surface area contributed by atoms with Gasteiger partial charge in [0, 0.05) is 17.3 Å². The summed E-state index contributed by atoms with van der Waals surface area (Å²) in [6, 6.07) is 10.1. The van der Waals surface area contributed by atoms with E-state index in [0.29, 0.717) is 0 Å². The molecule has 0 heterocycles. The first-order chi connectivity index (χ1) is 10.3. The van der Waals surface area contributed by atoms with Crippen LogP contribution in [0.4, 0.5) is 0 Å². The quantitative estimate of drug-likeness (QED) is 0.880. The highest BCUT2D eigenvalue weighted by atomic mass is 32.2. The highest BCUT2D eigenvalue weighted by Gasteiger charge is 2.33. The Balaban J connectivity index is 1.47. The average molecular weight is 305 g/mol. The van der Waals surface area contributed by atoms with Crippen molar-refractivity contribution in [2.75, 3.05) is 13.4 Å². The molecule has 0 bridgehead atoms.